The molecule has 0 spiro atoms. The van der Waals surface area contributed by atoms with E-state index in [-0.39, 0.29) is 30.8 Å². The summed E-state index contributed by atoms with van der Waals surface area (Å²) in [5.74, 6) is -5.39. The molecule has 9 atom stereocenters. The van der Waals surface area contributed by atoms with Gasteiger partial charge in [-0.2, -0.15) is 0 Å². The molecule has 8 heteroatoms. The van der Waals surface area contributed by atoms with Crippen molar-refractivity contribution in [3.63, 3.8) is 0 Å². The summed E-state index contributed by atoms with van der Waals surface area (Å²) in [7, 11) is 0. The smallest absolute Gasteiger partial charge is 0.306 e. The van der Waals surface area contributed by atoms with Gasteiger partial charge in [-0.3, -0.25) is 14.4 Å². The highest BCUT2D eigenvalue weighted by Crippen LogP contribution is 2.69. The van der Waals surface area contributed by atoms with Gasteiger partial charge >= 0.3 is 5.97 Å². The Morgan fingerprint density at radius 3 is 2.57 bits per heavy atom. The van der Waals surface area contributed by atoms with Gasteiger partial charge in [0.05, 0.1) is 6.10 Å². The summed E-state index contributed by atoms with van der Waals surface area (Å²) in [6.45, 7) is 5.72. The zero-order valence-corrected chi connectivity index (χ0v) is 20.8. The molecule has 3 unspecified atom stereocenters. The van der Waals surface area contributed by atoms with E-state index >= 15 is 4.39 Å². The van der Waals surface area contributed by atoms with Gasteiger partial charge in [0.25, 0.3) is 0 Å². The molecule has 35 heavy (non-hydrogen) atoms. The predicted octanol–water partition coefficient (Wildman–Crippen LogP) is 4.77. The van der Waals surface area contributed by atoms with Crippen LogP contribution in [0.2, 0.25) is 0 Å². The molecule has 1 N–H and O–H groups in total. The SMILES string of the molecule is CCCCC(=O)O[C@]1(C(=O)CF)C(C)C[C@H]2[C@@H]3CC(F)C4=C(F)C(=O)C=C[C@]4(C)[C@H]3C(O)C[C@@]21C. The molecule has 0 aromatic rings. The molecule has 0 saturated heterocycles. The van der Waals surface area contributed by atoms with Crippen molar-refractivity contribution < 1.29 is 37.4 Å². The first kappa shape index (κ1) is 26.1. The minimum Gasteiger partial charge on any atom is -0.450 e. The quantitative estimate of drug-likeness (QED) is 0.536. The largest absolute Gasteiger partial charge is 0.450 e. The van der Waals surface area contributed by atoms with E-state index in [1.807, 2.05) is 6.92 Å². The van der Waals surface area contributed by atoms with Gasteiger partial charge in [-0.1, -0.05) is 40.2 Å². The van der Waals surface area contributed by atoms with Gasteiger partial charge in [0.1, 0.15) is 6.17 Å². The normalized spacial score (nSPS) is 44.5. The number of carbonyl (C=O) groups is 3. The van der Waals surface area contributed by atoms with E-state index in [1.165, 1.54) is 6.08 Å². The highest BCUT2D eigenvalue weighted by atomic mass is 19.1. The molecule has 3 saturated carbocycles. The van der Waals surface area contributed by atoms with Gasteiger partial charge in [-0.15, -0.1) is 0 Å². The predicted molar refractivity (Wildman–Crippen MR) is 122 cm³/mol. The van der Waals surface area contributed by atoms with Gasteiger partial charge in [0, 0.05) is 34.7 Å². The Bertz CT molecular complexity index is 991. The van der Waals surface area contributed by atoms with Crippen molar-refractivity contribution in [3.05, 3.63) is 23.6 Å². The first-order chi connectivity index (χ1) is 16.4. The van der Waals surface area contributed by atoms with Gasteiger partial charge in [-0.05, 0) is 43.6 Å². The summed E-state index contributed by atoms with van der Waals surface area (Å²) in [5, 5.41) is 11.5. The molecule has 4 rings (SSSR count). The Labute approximate surface area is 204 Å². The van der Waals surface area contributed by atoms with Crippen LogP contribution in [-0.2, 0) is 19.1 Å². The van der Waals surface area contributed by atoms with E-state index in [4.69, 9.17) is 4.74 Å². The first-order valence-corrected chi connectivity index (χ1v) is 12.7. The van der Waals surface area contributed by atoms with Crippen LogP contribution in [0.3, 0.4) is 0 Å². The molecule has 0 aromatic carbocycles. The Kier molecular flexibility index (Phi) is 6.61. The van der Waals surface area contributed by atoms with E-state index in [0.717, 1.165) is 12.5 Å². The minimum absolute atomic E-state index is 0.0131. The number of halogens is 3. The molecule has 4 aliphatic carbocycles. The number of allylic oxidation sites excluding steroid dienone is 4. The van der Waals surface area contributed by atoms with E-state index in [1.54, 1.807) is 20.8 Å². The number of hydrogen-bond donors (Lipinski definition) is 1. The van der Waals surface area contributed by atoms with Crippen molar-refractivity contribution in [2.75, 3.05) is 6.67 Å². The third kappa shape index (κ3) is 3.49. The van der Waals surface area contributed by atoms with Crippen molar-refractivity contribution in [1.82, 2.24) is 0 Å². The van der Waals surface area contributed by atoms with E-state index in [9.17, 15) is 28.3 Å². The van der Waals surface area contributed by atoms with Crippen LogP contribution in [0.1, 0.15) is 66.2 Å². The molecule has 0 aliphatic heterocycles. The molecule has 5 nitrogen and oxygen atoms in total. The monoisotopic (exact) mass is 496 g/mol. The van der Waals surface area contributed by atoms with E-state index in [0.29, 0.717) is 12.8 Å². The number of alkyl halides is 2. The average molecular weight is 497 g/mol. The van der Waals surface area contributed by atoms with Gasteiger partial charge in [0.15, 0.2) is 18.1 Å². The molecule has 4 aliphatic rings. The summed E-state index contributed by atoms with van der Waals surface area (Å²) in [6, 6.07) is 0. The lowest BCUT2D eigenvalue weighted by Crippen LogP contribution is -2.64. The fraction of sp³-hybridized carbons (Fsp3) is 0.741. The molecule has 3 fully saturated rings. The number of ether oxygens (including phenoxy) is 1. The lowest BCUT2D eigenvalue weighted by Gasteiger charge is -2.60. The fourth-order valence-corrected chi connectivity index (χ4v) is 8.27. The minimum atomic E-state index is -1.77. The number of rotatable bonds is 6. The van der Waals surface area contributed by atoms with Gasteiger partial charge in [-0.25, -0.2) is 13.2 Å². The third-order valence-corrected chi connectivity index (χ3v) is 9.64. The zero-order chi connectivity index (χ0) is 25.9. The first-order valence-electron chi connectivity index (χ1n) is 12.7. The van der Waals surface area contributed by atoms with Crippen molar-refractivity contribution in [3.8, 4) is 0 Å². The molecule has 0 radical (unpaired) electrons. The standard InChI is InChI=1S/C27H35F3O5/c1-5-6-7-21(34)35-27(20(33)13-28)14(2)10-16-15-11-17(29)23-24(30)18(31)8-9-25(23,3)22(15)19(32)12-26(16,27)4/h8-9,14-17,19,22,32H,5-7,10-13H2,1-4H3/t14?,15-,16-,17?,19?,22+,25+,26-,27-/m0/s1. The average Bonchev–Trinajstić information content (AvgIpc) is 3.01. The van der Waals surface area contributed by atoms with Crippen molar-refractivity contribution in [1.29, 1.82) is 0 Å². The molecule has 194 valence electrons. The van der Waals surface area contributed by atoms with Crippen LogP contribution in [0.25, 0.3) is 0 Å². The molecule has 0 amide bonds. The van der Waals surface area contributed by atoms with Crippen LogP contribution in [0, 0.1) is 34.5 Å². The second kappa shape index (κ2) is 8.86. The van der Waals surface area contributed by atoms with Crippen molar-refractivity contribution in [2.24, 2.45) is 34.5 Å². The number of aliphatic hydroxyl groups is 1. The molecular formula is C27H35F3O5. The highest BCUT2D eigenvalue weighted by Gasteiger charge is 2.73. The third-order valence-electron chi connectivity index (χ3n) is 9.64. The van der Waals surface area contributed by atoms with Crippen LogP contribution >= 0.6 is 0 Å². The van der Waals surface area contributed by atoms with Gasteiger partial charge < -0.3 is 9.84 Å². The van der Waals surface area contributed by atoms with Crippen LogP contribution in [0.15, 0.2) is 23.6 Å². The molecule has 0 aromatic heterocycles. The molecular weight excluding hydrogens is 461 g/mol. The lowest BCUT2D eigenvalue weighted by molar-refractivity contribution is -0.205. The Balaban J connectivity index is 1.80. The van der Waals surface area contributed by atoms with Crippen molar-refractivity contribution >= 4 is 17.5 Å². The summed E-state index contributed by atoms with van der Waals surface area (Å²) in [6.07, 6.45) is 1.41. The second-order valence-electron chi connectivity index (χ2n) is 11.4. The van der Waals surface area contributed by atoms with Crippen LogP contribution in [-0.4, -0.2) is 47.2 Å². The molecule has 0 heterocycles. The maximum Gasteiger partial charge on any atom is 0.306 e. The number of unbranched alkanes of at least 4 members (excludes halogenated alkanes) is 1. The number of fused-ring (bicyclic) bond motifs is 5. The van der Waals surface area contributed by atoms with E-state index < -0.39 is 76.5 Å². The number of ketones is 2. The maximum atomic E-state index is 15.6. The number of carbonyl (C=O) groups excluding carboxylic acids is 3. The topological polar surface area (TPSA) is 80.7 Å². The zero-order valence-electron chi connectivity index (χ0n) is 20.8. The maximum absolute atomic E-state index is 15.6. The number of esters is 1. The Hall–Kier alpha value is -1.96. The Morgan fingerprint density at radius 1 is 1.26 bits per heavy atom. The summed E-state index contributed by atoms with van der Waals surface area (Å²) >= 11 is 0. The summed E-state index contributed by atoms with van der Waals surface area (Å²) in [5.41, 5.74) is -4.33. The highest BCUT2D eigenvalue weighted by molar-refractivity contribution is 6.04. The van der Waals surface area contributed by atoms with Crippen LogP contribution in [0.4, 0.5) is 13.2 Å². The second-order valence-corrected chi connectivity index (χ2v) is 11.4. The number of aliphatic hydroxyl groups excluding tert-OH is 1. The number of Topliss-reactive ketones (excluding diaryl/α,β-unsaturated/α-hetero) is 1. The van der Waals surface area contributed by atoms with Crippen LogP contribution in [0.5, 0.6) is 0 Å². The lowest BCUT2D eigenvalue weighted by atomic mass is 9.45. The van der Waals surface area contributed by atoms with Crippen molar-refractivity contribution in [2.45, 2.75) is 84.1 Å². The summed E-state index contributed by atoms with van der Waals surface area (Å²) in [4.78, 5) is 37.9. The van der Waals surface area contributed by atoms with E-state index in [2.05, 4.69) is 0 Å². The van der Waals surface area contributed by atoms with Crippen LogP contribution < -0.4 is 0 Å². The Morgan fingerprint density at radius 2 is 1.94 bits per heavy atom. The fourth-order valence-electron chi connectivity index (χ4n) is 8.27. The molecule has 0 bridgehead atoms. The van der Waals surface area contributed by atoms with Gasteiger partial charge in [0.2, 0.25) is 11.6 Å². The summed E-state index contributed by atoms with van der Waals surface area (Å²) < 4.78 is 50.3. The number of hydrogen-bond acceptors (Lipinski definition) is 5.